The van der Waals surface area contributed by atoms with Crippen molar-refractivity contribution in [2.45, 2.75) is 6.41 Å². The Balaban J connectivity index is 2.43. The lowest BCUT2D eigenvalue weighted by atomic mass is 10.3. The molecule has 1 unspecified atom stereocenters. The van der Waals surface area contributed by atoms with Crippen LogP contribution in [0.2, 0.25) is 0 Å². The molecule has 1 aliphatic heterocycles. The average Bonchev–Trinajstić information content (AvgIpc) is 2.27. The van der Waals surface area contributed by atoms with Crippen LogP contribution in [0.4, 0.5) is 11.4 Å². The Hall–Kier alpha value is -1.42. The number of nitrogens with one attached hydrogen (secondary N) is 1. The standard InChI is InChI=1S/C7H8N2O2/c8-4-1-2-5-6(3-4)11-7(10)9-5/h1-3,7,9-10H,8H2. The third-order valence-electron chi connectivity index (χ3n) is 1.52. The maximum Gasteiger partial charge on any atom is 0.279 e. The van der Waals surface area contributed by atoms with Crippen LogP contribution in [0.15, 0.2) is 18.2 Å². The molecule has 58 valence electrons. The highest BCUT2D eigenvalue weighted by Crippen LogP contribution is 2.32. The van der Waals surface area contributed by atoms with Crippen molar-refractivity contribution in [3.63, 3.8) is 0 Å². The lowest BCUT2D eigenvalue weighted by Crippen LogP contribution is -2.17. The van der Waals surface area contributed by atoms with Gasteiger partial charge in [0, 0.05) is 11.8 Å². The van der Waals surface area contributed by atoms with E-state index in [0.29, 0.717) is 11.4 Å². The van der Waals surface area contributed by atoms with E-state index >= 15 is 0 Å². The predicted octanol–water partition coefficient (Wildman–Crippen LogP) is 0.349. The minimum atomic E-state index is -0.938. The number of benzene rings is 1. The predicted molar refractivity (Wildman–Crippen MR) is 41.1 cm³/mol. The number of aliphatic hydroxyl groups is 1. The van der Waals surface area contributed by atoms with E-state index in [4.69, 9.17) is 15.6 Å². The van der Waals surface area contributed by atoms with Crippen LogP contribution < -0.4 is 15.8 Å². The van der Waals surface area contributed by atoms with Gasteiger partial charge in [0.1, 0.15) is 5.75 Å². The molecule has 1 aromatic carbocycles. The molecule has 4 nitrogen and oxygen atoms in total. The molecule has 4 N–H and O–H groups in total. The second-order valence-corrected chi connectivity index (χ2v) is 2.37. The largest absolute Gasteiger partial charge is 0.445 e. The number of nitrogens with two attached hydrogens (primary N) is 1. The van der Waals surface area contributed by atoms with Gasteiger partial charge >= 0.3 is 0 Å². The number of ether oxygens (including phenoxy) is 1. The zero-order valence-corrected chi connectivity index (χ0v) is 5.74. The van der Waals surface area contributed by atoms with E-state index in [1.807, 2.05) is 0 Å². The van der Waals surface area contributed by atoms with Crippen LogP contribution in [0.1, 0.15) is 0 Å². The zero-order valence-electron chi connectivity index (χ0n) is 5.74. The van der Waals surface area contributed by atoms with Crippen LogP contribution in [0, 0.1) is 0 Å². The first-order chi connectivity index (χ1) is 5.25. The Bertz CT molecular complexity index is 288. The number of fused-ring (bicyclic) bond motifs is 1. The van der Waals surface area contributed by atoms with Gasteiger partial charge in [-0.1, -0.05) is 0 Å². The van der Waals surface area contributed by atoms with Crippen molar-refractivity contribution in [3.8, 4) is 5.75 Å². The summed E-state index contributed by atoms with van der Waals surface area (Å²) in [7, 11) is 0. The lowest BCUT2D eigenvalue weighted by Gasteiger charge is -1.99. The number of hydrogen-bond acceptors (Lipinski definition) is 4. The van der Waals surface area contributed by atoms with Crippen molar-refractivity contribution >= 4 is 11.4 Å². The maximum absolute atomic E-state index is 8.97. The summed E-state index contributed by atoms with van der Waals surface area (Å²) in [6, 6.07) is 5.17. The first-order valence-electron chi connectivity index (χ1n) is 3.26. The van der Waals surface area contributed by atoms with Gasteiger partial charge in [-0.05, 0) is 12.1 Å². The molecule has 2 rings (SSSR count). The fraction of sp³-hybridized carbons (Fsp3) is 0.143. The Morgan fingerprint density at radius 1 is 1.55 bits per heavy atom. The number of hydrogen-bond donors (Lipinski definition) is 3. The summed E-state index contributed by atoms with van der Waals surface area (Å²) in [6.45, 7) is 0. The molecular weight excluding hydrogens is 144 g/mol. The summed E-state index contributed by atoms with van der Waals surface area (Å²) < 4.78 is 4.95. The molecule has 0 fully saturated rings. The van der Waals surface area contributed by atoms with Crippen LogP contribution in [0.3, 0.4) is 0 Å². The van der Waals surface area contributed by atoms with Gasteiger partial charge < -0.3 is 20.9 Å². The summed E-state index contributed by atoms with van der Waals surface area (Å²) >= 11 is 0. The molecule has 1 aromatic rings. The van der Waals surface area contributed by atoms with E-state index in [2.05, 4.69) is 5.32 Å². The fourth-order valence-corrected chi connectivity index (χ4v) is 1.04. The van der Waals surface area contributed by atoms with E-state index < -0.39 is 6.41 Å². The quantitative estimate of drug-likeness (QED) is 0.469. The number of aliphatic hydroxyl groups excluding tert-OH is 1. The highest BCUT2D eigenvalue weighted by molar-refractivity contribution is 5.64. The van der Waals surface area contributed by atoms with Crippen molar-refractivity contribution in [2.24, 2.45) is 0 Å². The Labute approximate surface area is 63.6 Å². The molecular formula is C7H8N2O2. The van der Waals surface area contributed by atoms with Gasteiger partial charge in [0.2, 0.25) is 0 Å². The lowest BCUT2D eigenvalue weighted by molar-refractivity contribution is 0.0212. The van der Waals surface area contributed by atoms with Crippen LogP contribution in [0.5, 0.6) is 5.75 Å². The van der Waals surface area contributed by atoms with Gasteiger partial charge in [-0.3, -0.25) is 0 Å². The van der Waals surface area contributed by atoms with Crippen molar-refractivity contribution in [3.05, 3.63) is 18.2 Å². The minimum absolute atomic E-state index is 0.595. The summed E-state index contributed by atoms with van der Waals surface area (Å²) in [5, 5.41) is 11.7. The molecule has 0 aromatic heterocycles. The molecule has 0 aliphatic carbocycles. The van der Waals surface area contributed by atoms with Gasteiger partial charge in [-0.25, -0.2) is 0 Å². The van der Waals surface area contributed by atoms with Gasteiger partial charge in [0.15, 0.2) is 0 Å². The molecule has 1 atom stereocenters. The highest BCUT2D eigenvalue weighted by Gasteiger charge is 2.18. The van der Waals surface area contributed by atoms with Crippen molar-refractivity contribution < 1.29 is 9.84 Å². The van der Waals surface area contributed by atoms with Gasteiger partial charge in [0.25, 0.3) is 6.41 Å². The van der Waals surface area contributed by atoms with Crippen LogP contribution in [0.25, 0.3) is 0 Å². The van der Waals surface area contributed by atoms with Gasteiger partial charge in [0.05, 0.1) is 5.69 Å². The number of anilines is 2. The molecule has 0 saturated carbocycles. The first-order valence-corrected chi connectivity index (χ1v) is 3.26. The van der Waals surface area contributed by atoms with Crippen LogP contribution >= 0.6 is 0 Å². The second-order valence-electron chi connectivity index (χ2n) is 2.37. The minimum Gasteiger partial charge on any atom is -0.445 e. The Kier molecular flexibility index (Phi) is 1.16. The molecule has 1 aliphatic rings. The average molecular weight is 152 g/mol. The SMILES string of the molecule is Nc1ccc2c(c1)OC(O)N2. The molecule has 0 spiro atoms. The van der Waals surface area contributed by atoms with E-state index in [1.165, 1.54) is 0 Å². The maximum atomic E-state index is 8.97. The zero-order chi connectivity index (χ0) is 7.84. The number of rotatable bonds is 0. The molecule has 0 bridgehead atoms. The molecule has 1 heterocycles. The van der Waals surface area contributed by atoms with E-state index in [-0.39, 0.29) is 0 Å². The van der Waals surface area contributed by atoms with Gasteiger partial charge in [-0.2, -0.15) is 0 Å². The Morgan fingerprint density at radius 2 is 2.36 bits per heavy atom. The normalized spacial score (nSPS) is 20.3. The van der Waals surface area contributed by atoms with E-state index in [9.17, 15) is 0 Å². The first kappa shape index (κ1) is 6.30. The smallest absolute Gasteiger partial charge is 0.279 e. The van der Waals surface area contributed by atoms with E-state index in [0.717, 1.165) is 5.69 Å². The molecule has 4 heteroatoms. The topological polar surface area (TPSA) is 67.5 Å². The summed E-state index contributed by atoms with van der Waals surface area (Å²) in [5.74, 6) is 0.595. The highest BCUT2D eigenvalue weighted by atomic mass is 16.6. The van der Waals surface area contributed by atoms with Crippen molar-refractivity contribution in [2.75, 3.05) is 11.1 Å². The van der Waals surface area contributed by atoms with E-state index in [1.54, 1.807) is 18.2 Å². The molecule has 0 amide bonds. The third kappa shape index (κ3) is 0.969. The molecule has 0 saturated heterocycles. The molecule has 0 radical (unpaired) electrons. The summed E-state index contributed by atoms with van der Waals surface area (Å²) in [4.78, 5) is 0. The number of nitrogen functional groups attached to an aromatic ring is 1. The monoisotopic (exact) mass is 152 g/mol. The second kappa shape index (κ2) is 2.03. The Morgan fingerprint density at radius 3 is 3.18 bits per heavy atom. The van der Waals surface area contributed by atoms with Crippen molar-refractivity contribution in [1.82, 2.24) is 0 Å². The third-order valence-corrected chi connectivity index (χ3v) is 1.52. The van der Waals surface area contributed by atoms with Crippen LogP contribution in [-0.4, -0.2) is 11.5 Å². The van der Waals surface area contributed by atoms with Crippen LogP contribution in [-0.2, 0) is 0 Å². The van der Waals surface area contributed by atoms with Gasteiger partial charge in [-0.15, -0.1) is 0 Å². The molecule has 11 heavy (non-hydrogen) atoms. The van der Waals surface area contributed by atoms with Crippen molar-refractivity contribution in [1.29, 1.82) is 0 Å². The fourth-order valence-electron chi connectivity index (χ4n) is 1.04. The summed E-state index contributed by atoms with van der Waals surface area (Å²) in [5.41, 5.74) is 6.88. The summed E-state index contributed by atoms with van der Waals surface area (Å²) in [6.07, 6.45) is -0.938.